The van der Waals surface area contributed by atoms with Crippen molar-refractivity contribution in [2.45, 2.75) is 20.8 Å². The van der Waals surface area contributed by atoms with Gasteiger partial charge in [-0.3, -0.25) is 0 Å². The largest absolute Gasteiger partial charge is 0.487 e. The molecule has 1 aromatic rings. The first kappa shape index (κ1) is 12.6. The van der Waals surface area contributed by atoms with Gasteiger partial charge in [0.25, 0.3) is 0 Å². The van der Waals surface area contributed by atoms with Crippen LogP contribution in [0.3, 0.4) is 0 Å². The fourth-order valence-corrected chi connectivity index (χ4v) is 1.16. The third-order valence-electron chi connectivity index (χ3n) is 2.19. The van der Waals surface area contributed by atoms with Crippen LogP contribution < -0.4 is 4.74 Å². The highest BCUT2D eigenvalue weighted by atomic mass is 16.6. The smallest absolute Gasteiger partial charge is 0.130 e. The molecule has 0 saturated heterocycles. The summed E-state index contributed by atoms with van der Waals surface area (Å²) in [5, 5.41) is 4.00. The molecule has 0 saturated carbocycles. The van der Waals surface area contributed by atoms with Crippen LogP contribution in [0.15, 0.2) is 35.5 Å². The van der Waals surface area contributed by atoms with Crippen LogP contribution in [0.4, 0.5) is 0 Å². The molecule has 3 heteroatoms. The molecule has 0 fully saturated rings. The van der Waals surface area contributed by atoms with E-state index in [4.69, 9.17) is 9.57 Å². The molecule has 16 heavy (non-hydrogen) atoms. The van der Waals surface area contributed by atoms with Gasteiger partial charge in [-0.25, -0.2) is 0 Å². The number of rotatable bonds is 4. The van der Waals surface area contributed by atoms with Crippen molar-refractivity contribution in [3.8, 4) is 5.75 Å². The highest BCUT2D eigenvalue weighted by molar-refractivity contribution is 5.90. The highest BCUT2D eigenvalue weighted by Crippen LogP contribution is 2.18. The third-order valence-corrected chi connectivity index (χ3v) is 2.19. The van der Waals surface area contributed by atoms with Gasteiger partial charge in [0.1, 0.15) is 19.5 Å². The van der Waals surface area contributed by atoms with Gasteiger partial charge in [0, 0.05) is 5.41 Å². The van der Waals surface area contributed by atoms with Crippen LogP contribution in [0.1, 0.15) is 20.8 Å². The number of hydrogen-bond acceptors (Lipinski definition) is 3. The lowest BCUT2D eigenvalue weighted by molar-refractivity contribution is 0.204. The quantitative estimate of drug-likeness (QED) is 0.577. The molecule has 0 heterocycles. The summed E-state index contributed by atoms with van der Waals surface area (Å²) in [6.07, 6.45) is 0. The molecule has 0 aliphatic carbocycles. The Kier molecular flexibility index (Phi) is 4.35. The monoisotopic (exact) mass is 221 g/mol. The van der Waals surface area contributed by atoms with Crippen molar-refractivity contribution < 1.29 is 9.57 Å². The summed E-state index contributed by atoms with van der Waals surface area (Å²) >= 11 is 0. The molecule has 0 N–H and O–H groups in total. The number of hydrogen-bond donors (Lipinski definition) is 0. The number of oxime groups is 1. The van der Waals surface area contributed by atoms with Crippen LogP contribution in [0, 0.1) is 5.41 Å². The lowest BCUT2D eigenvalue weighted by Crippen LogP contribution is -2.27. The average Bonchev–Trinajstić information content (AvgIpc) is 2.24. The van der Waals surface area contributed by atoms with Crippen LogP contribution in [0.2, 0.25) is 0 Å². The van der Waals surface area contributed by atoms with E-state index in [1.54, 1.807) is 7.11 Å². The Morgan fingerprint density at radius 1 is 1.19 bits per heavy atom. The first-order chi connectivity index (χ1) is 7.54. The molecule has 0 aromatic heterocycles. The Bertz CT molecular complexity index is 339. The van der Waals surface area contributed by atoms with E-state index in [1.807, 2.05) is 30.3 Å². The van der Waals surface area contributed by atoms with Crippen LogP contribution in [-0.2, 0) is 4.84 Å². The Balaban J connectivity index is 2.62. The second-order valence-electron chi connectivity index (χ2n) is 4.57. The Morgan fingerprint density at radius 2 is 1.81 bits per heavy atom. The summed E-state index contributed by atoms with van der Waals surface area (Å²) in [7, 11) is 1.55. The Hall–Kier alpha value is -1.51. The van der Waals surface area contributed by atoms with Gasteiger partial charge in [-0.05, 0) is 12.1 Å². The molecule has 0 amide bonds. The number of para-hydroxylation sites is 1. The average molecular weight is 221 g/mol. The summed E-state index contributed by atoms with van der Waals surface area (Å²) < 4.78 is 5.64. The molecule has 88 valence electrons. The maximum Gasteiger partial charge on any atom is 0.130 e. The third kappa shape index (κ3) is 3.93. The van der Waals surface area contributed by atoms with Crippen molar-refractivity contribution in [3.63, 3.8) is 0 Å². The minimum absolute atomic E-state index is 0.0508. The van der Waals surface area contributed by atoms with Gasteiger partial charge in [0.2, 0.25) is 0 Å². The number of benzene rings is 1. The second kappa shape index (κ2) is 5.54. The molecule has 0 bridgehead atoms. The predicted molar refractivity (Wildman–Crippen MR) is 65.8 cm³/mol. The molecule has 3 nitrogen and oxygen atoms in total. The molecule has 0 aliphatic rings. The van der Waals surface area contributed by atoms with Crippen LogP contribution in [0.25, 0.3) is 0 Å². The van der Waals surface area contributed by atoms with E-state index < -0.39 is 0 Å². The zero-order chi connectivity index (χ0) is 12.0. The summed E-state index contributed by atoms with van der Waals surface area (Å²) in [6, 6.07) is 9.69. The standard InChI is InChI=1S/C13H19NO2/c1-13(2,3)12(14-15-4)10-16-11-8-6-5-7-9-11/h5-9H,10H2,1-4H3. The van der Waals surface area contributed by atoms with Crippen molar-refractivity contribution in [2.24, 2.45) is 10.6 Å². The fourth-order valence-electron chi connectivity index (χ4n) is 1.16. The summed E-state index contributed by atoms with van der Waals surface area (Å²) in [4.78, 5) is 4.83. The van der Waals surface area contributed by atoms with Crippen molar-refractivity contribution in [3.05, 3.63) is 30.3 Å². The SMILES string of the molecule is CON=C(COc1ccccc1)C(C)(C)C. The molecular formula is C13H19NO2. The molecule has 0 radical (unpaired) electrons. The van der Waals surface area contributed by atoms with E-state index in [1.165, 1.54) is 0 Å². The maximum atomic E-state index is 5.64. The van der Waals surface area contributed by atoms with Gasteiger partial charge in [0.05, 0.1) is 5.71 Å². The number of ether oxygens (including phenoxy) is 1. The molecule has 1 aromatic carbocycles. The summed E-state index contributed by atoms with van der Waals surface area (Å²) in [5.74, 6) is 0.843. The van der Waals surface area contributed by atoms with Crippen LogP contribution in [-0.4, -0.2) is 19.4 Å². The van der Waals surface area contributed by atoms with Crippen molar-refractivity contribution in [1.82, 2.24) is 0 Å². The van der Waals surface area contributed by atoms with E-state index in [0.717, 1.165) is 11.5 Å². The second-order valence-corrected chi connectivity index (χ2v) is 4.57. The topological polar surface area (TPSA) is 30.8 Å². The van der Waals surface area contributed by atoms with Crippen molar-refractivity contribution >= 4 is 5.71 Å². The van der Waals surface area contributed by atoms with Gasteiger partial charge < -0.3 is 9.57 Å². The predicted octanol–water partition coefficient (Wildman–Crippen LogP) is 3.11. The minimum Gasteiger partial charge on any atom is -0.487 e. The number of nitrogens with zero attached hydrogens (tertiary/aromatic N) is 1. The first-order valence-electron chi connectivity index (χ1n) is 5.32. The van der Waals surface area contributed by atoms with E-state index in [2.05, 4.69) is 25.9 Å². The lowest BCUT2D eigenvalue weighted by atomic mass is 9.90. The highest BCUT2D eigenvalue weighted by Gasteiger charge is 2.20. The van der Waals surface area contributed by atoms with Crippen molar-refractivity contribution in [1.29, 1.82) is 0 Å². The molecular weight excluding hydrogens is 202 g/mol. The van der Waals surface area contributed by atoms with E-state index in [-0.39, 0.29) is 5.41 Å². The minimum atomic E-state index is -0.0508. The molecule has 0 aliphatic heterocycles. The van der Waals surface area contributed by atoms with Gasteiger partial charge in [-0.2, -0.15) is 0 Å². The summed E-state index contributed by atoms with van der Waals surface area (Å²) in [5.41, 5.74) is 0.837. The van der Waals surface area contributed by atoms with E-state index in [9.17, 15) is 0 Å². The zero-order valence-corrected chi connectivity index (χ0v) is 10.4. The van der Waals surface area contributed by atoms with E-state index >= 15 is 0 Å². The van der Waals surface area contributed by atoms with Crippen LogP contribution >= 0.6 is 0 Å². The van der Waals surface area contributed by atoms with Gasteiger partial charge in [-0.15, -0.1) is 0 Å². The zero-order valence-electron chi connectivity index (χ0n) is 10.4. The summed E-state index contributed by atoms with van der Waals surface area (Å²) in [6.45, 7) is 6.69. The molecule has 0 unspecified atom stereocenters. The van der Waals surface area contributed by atoms with E-state index in [0.29, 0.717) is 6.61 Å². The maximum absolute atomic E-state index is 5.64. The molecule has 1 rings (SSSR count). The normalized spacial score (nSPS) is 12.4. The van der Waals surface area contributed by atoms with Crippen LogP contribution in [0.5, 0.6) is 5.75 Å². The molecule has 0 atom stereocenters. The lowest BCUT2D eigenvalue weighted by Gasteiger charge is -2.20. The first-order valence-corrected chi connectivity index (χ1v) is 5.32. The van der Waals surface area contributed by atoms with Crippen molar-refractivity contribution in [2.75, 3.05) is 13.7 Å². The molecule has 0 spiro atoms. The van der Waals surface area contributed by atoms with Gasteiger partial charge in [0.15, 0.2) is 0 Å². The Morgan fingerprint density at radius 3 is 2.31 bits per heavy atom. The van der Waals surface area contributed by atoms with Gasteiger partial charge in [-0.1, -0.05) is 44.1 Å². The van der Waals surface area contributed by atoms with Gasteiger partial charge >= 0.3 is 0 Å². The Labute approximate surface area is 97.1 Å². The fraction of sp³-hybridized carbons (Fsp3) is 0.462.